The lowest BCUT2D eigenvalue weighted by molar-refractivity contribution is -0.138. The highest BCUT2D eigenvalue weighted by Gasteiger charge is 2.70. The fraction of sp³-hybridized carbons (Fsp3) is 0.412. The summed E-state index contributed by atoms with van der Waals surface area (Å²) in [6, 6.07) is 2.59. The minimum atomic E-state index is -4.61. The van der Waals surface area contributed by atoms with Gasteiger partial charge < -0.3 is 4.74 Å². The Balaban J connectivity index is 1.82. The first-order valence-electron chi connectivity index (χ1n) is 7.63. The van der Waals surface area contributed by atoms with Gasteiger partial charge in [-0.2, -0.15) is 13.2 Å². The van der Waals surface area contributed by atoms with E-state index in [1.54, 1.807) is 26.0 Å². The Morgan fingerprint density at radius 3 is 2.08 bits per heavy atom. The molecule has 1 aromatic carbocycles. The van der Waals surface area contributed by atoms with E-state index in [9.17, 15) is 22.8 Å². The van der Waals surface area contributed by atoms with E-state index >= 15 is 0 Å². The highest BCUT2D eigenvalue weighted by atomic mass is 35.5. The van der Waals surface area contributed by atoms with Crippen LogP contribution in [-0.2, 0) is 20.5 Å². The summed E-state index contributed by atoms with van der Waals surface area (Å²) < 4.78 is 44.9. The molecule has 3 heterocycles. The van der Waals surface area contributed by atoms with E-state index in [0.29, 0.717) is 0 Å². The van der Waals surface area contributed by atoms with E-state index in [1.165, 1.54) is 0 Å². The standard InChI is InChI=1S/C17H13ClF3NO3/c1-15-5-6-16(2,25-15)12-11(15)13(23)22(14(12)24)10-7-8(17(19,20)21)3-4-9(10)18/h3-7,11-12H,1-2H3. The summed E-state index contributed by atoms with van der Waals surface area (Å²) in [6.07, 6.45) is -1.14. The number of alkyl halides is 3. The van der Waals surface area contributed by atoms with Gasteiger partial charge in [-0.25, -0.2) is 4.90 Å². The SMILES string of the molecule is CC12C=CC(C)(O1)C1C(=O)N(c3cc(C(F)(F)F)ccc3Cl)C(=O)C12. The normalized spacial score (nSPS) is 36.5. The van der Waals surface area contributed by atoms with Crippen molar-refractivity contribution in [2.45, 2.75) is 31.2 Å². The van der Waals surface area contributed by atoms with Crippen LogP contribution in [0.1, 0.15) is 19.4 Å². The van der Waals surface area contributed by atoms with Gasteiger partial charge in [0.05, 0.1) is 39.3 Å². The molecule has 25 heavy (non-hydrogen) atoms. The van der Waals surface area contributed by atoms with Gasteiger partial charge in [0.25, 0.3) is 0 Å². The molecule has 2 saturated heterocycles. The average Bonchev–Trinajstić information content (AvgIpc) is 3.04. The molecule has 0 aromatic heterocycles. The van der Waals surface area contributed by atoms with Gasteiger partial charge in [-0.05, 0) is 32.0 Å². The Kier molecular flexibility index (Phi) is 3.09. The number of benzene rings is 1. The Morgan fingerprint density at radius 1 is 1.08 bits per heavy atom. The Labute approximate surface area is 146 Å². The molecule has 4 nitrogen and oxygen atoms in total. The minimum absolute atomic E-state index is 0.0915. The summed E-state index contributed by atoms with van der Waals surface area (Å²) in [7, 11) is 0. The monoisotopic (exact) mass is 371 g/mol. The van der Waals surface area contributed by atoms with Crippen LogP contribution in [0.2, 0.25) is 5.02 Å². The second-order valence-electron chi connectivity index (χ2n) is 6.93. The highest BCUT2D eigenvalue weighted by molar-refractivity contribution is 6.36. The highest BCUT2D eigenvalue weighted by Crippen LogP contribution is 2.58. The van der Waals surface area contributed by atoms with Crippen LogP contribution in [0.3, 0.4) is 0 Å². The fourth-order valence-corrected chi connectivity index (χ4v) is 4.33. The van der Waals surface area contributed by atoms with Gasteiger partial charge in [0.2, 0.25) is 11.8 Å². The van der Waals surface area contributed by atoms with Crippen molar-refractivity contribution in [3.8, 4) is 0 Å². The largest absolute Gasteiger partial charge is 0.416 e. The number of fused-ring (bicyclic) bond motifs is 5. The molecule has 2 fully saturated rings. The lowest BCUT2D eigenvalue weighted by atomic mass is 9.73. The molecule has 4 atom stereocenters. The van der Waals surface area contributed by atoms with E-state index in [4.69, 9.17) is 16.3 Å². The molecule has 4 rings (SSSR count). The van der Waals surface area contributed by atoms with E-state index in [1.807, 2.05) is 0 Å². The summed E-state index contributed by atoms with van der Waals surface area (Å²) in [6.45, 7) is 3.39. The number of nitrogens with zero attached hydrogens (tertiary/aromatic N) is 1. The molecule has 2 bridgehead atoms. The zero-order valence-electron chi connectivity index (χ0n) is 13.2. The smallest absolute Gasteiger partial charge is 0.359 e. The van der Waals surface area contributed by atoms with Gasteiger partial charge in [0.1, 0.15) is 0 Å². The molecule has 3 aliphatic rings. The summed E-state index contributed by atoms with van der Waals surface area (Å²) in [4.78, 5) is 26.6. The predicted octanol–water partition coefficient (Wildman–Crippen LogP) is 3.58. The van der Waals surface area contributed by atoms with Crippen molar-refractivity contribution in [1.29, 1.82) is 0 Å². The van der Waals surface area contributed by atoms with Gasteiger partial charge in [-0.3, -0.25) is 9.59 Å². The maximum atomic E-state index is 13.0. The summed E-state index contributed by atoms with van der Waals surface area (Å²) in [5.74, 6) is -2.74. The molecular weight excluding hydrogens is 359 g/mol. The number of halogens is 4. The van der Waals surface area contributed by atoms with Crippen LogP contribution < -0.4 is 4.90 Å². The first-order chi connectivity index (χ1) is 11.5. The lowest BCUT2D eigenvalue weighted by Crippen LogP contribution is -2.39. The van der Waals surface area contributed by atoms with Crippen molar-refractivity contribution >= 4 is 29.1 Å². The minimum Gasteiger partial charge on any atom is -0.359 e. The molecule has 0 saturated carbocycles. The molecule has 8 heteroatoms. The number of rotatable bonds is 1. The third kappa shape index (κ3) is 2.05. The van der Waals surface area contributed by atoms with Crippen LogP contribution in [0.5, 0.6) is 0 Å². The molecule has 3 aliphatic heterocycles. The number of amides is 2. The number of carbonyl (C=O) groups is 2. The maximum absolute atomic E-state index is 13.0. The average molecular weight is 372 g/mol. The van der Waals surface area contributed by atoms with E-state index in [-0.39, 0.29) is 10.7 Å². The van der Waals surface area contributed by atoms with Gasteiger partial charge in [0, 0.05) is 0 Å². The van der Waals surface area contributed by atoms with E-state index in [2.05, 4.69) is 0 Å². The Hall–Kier alpha value is -1.86. The van der Waals surface area contributed by atoms with Crippen LogP contribution in [0.4, 0.5) is 18.9 Å². The molecule has 2 amide bonds. The number of carbonyl (C=O) groups excluding carboxylic acids is 2. The van der Waals surface area contributed by atoms with Gasteiger partial charge >= 0.3 is 6.18 Å². The van der Waals surface area contributed by atoms with Gasteiger partial charge in [0.15, 0.2) is 0 Å². The number of hydrogen-bond donors (Lipinski definition) is 0. The van der Waals surface area contributed by atoms with Crippen molar-refractivity contribution in [3.63, 3.8) is 0 Å². The quantitative estimate of drug-likeness (QED) is 0.560. The molecule has 4 unspecified atom stereocenters. The first-order valence-corrected chi connectivity index (χ1v) is 8.01. The number of ether oxygens (including phenoxy) is 1. The Morgan fingerprint density at radius 2 is 1.60 bits per heavy atom. The number of anilines is 1. The first kappa shape index (κ1) is 16.6. The van der Waals surface area contributed by atoms with Gasteiger partial charge in [-0.15, -0.1) is 0 Å². The van der Waals surface area contributed by atoms with E-state index in [0.717, 1.165) is 23.1 Å². The molecule has 0 N–H and O–H groups in total. The van der Waals surface area contributed by atoms with Crippen molar-refractivity contribution in [1.82, 2.24) is 0 Å². The summed E-state index contributed by atoms with van der Waals surface area (Å²) >= 11 is 6.01. The summed E-state index contributed by atoms with van der Waals surface area (Å²) in [5, 5.41) is -0.0915. The predicted molar refractivity (Wildman–Crippen MR) is 83.0 cm³/mol. The van der Waals surface area contributed by atoms with Crippen molar-refractivity contribution in [3.05, 3.63) is 40.9 Å². The van der Waals surface area contributed by atoms with Crippen LogP contribution in [0.25, 0.3) is 0 Å². The molecule has 132 valence electrons. The van der Waals surface area contributed by atoms with Crippen molar-refractivity contribution in [2.75, 3.05) is 4.90 Å². The Bertz CT molecular complexity index is 816. The second-order valence-corrected chi connectivity index (χ2v) is 7.34. The molecule has 0 radical (unpaired) electrons. The molecule has 1 aromatic rings. The van der Waals surface area contributed by atoms with Crippen molar-refractivity contribution < 1.29 is 27.5 Å². The van der Waals surface area contributed by atoms with E-state index < -0.39 is 46.6 Å². The zero-order chi connectivity index (χ0) is 18.4. The molecule has 0 aliphatic carbocycles. The lowest BCUT2D eigenvalue weighted by Gasteiger charge is -2.26. The number of hydrogen-bond acceptors (Lipinski definition) is 3. The van der Waals surface area contributed by atoms with Gasteiger partial charge in [-0.1, -0.05) is 23.8 Å². The third-order valence-corrected chi connectivity index (χ3v) is 5.56. The number of imide groups is 1. The van der Waals surface area contributed by atoms with Crippen LogP contribution >= 0.6 is 11.6 Å². The second kappa shape index (κ2) is 4.65. The van der Waals surface area contributed by atoms with Crippen LogP contribution in [0.15, 0.2) is 30.4 Å². The third-order valence-electron chi connectivity index (χ3n) is 5.24. The summed E-state index contributed by atoms with van der Waals surface area (Å²) in [5.41, 5.74) is -3.11. The van der Waals surface area contributed by atoms with Crippen molar-refractivity contribution in [2.24, 2.45) is 11.8 Å². The van der Waals surface area contributed by atoms with Crippen LogP contribution in [0, 0.1) is 11.8 Å². The van der Waals surface area contributed by atoms with Crippen LogP contribution in [-0.4, -0.2) is 23.0 Å². The fourth-order valence-electron chi connectivity index (χ4n) is 4.13. The maximum Gasteiger partial charge on any atom is 0.416 e. The topological polar surface area (TPSA) is 46.6 Å². The molecular formula is C17H13ClF3NO3. The zero-order valence-corrected chi connectivity index (χ0v) is 14.0. The molecule has 0 spiro atoms.